The Hall–Kier alpha value is 0.140. The molecule has 90 valence electrons. The Balaban J connectivity index is 1.84. The maximum atomic E-state index is 3.53. The second-order valence-electron chi connectivity index (χ2n) is 4.78. The van der Waals surface area contributed by atoms with Gasteiger partial charge >= 0.3 is 0 Å². The van der Waals surface area contributed by atoms with Crippen molar-refractivity contribution in [3.63, 3.8) is 0 Å². The number of likely N-dealkylation sites (N-methyl/N-ethyl adjacent to an activating group) is 1. The van der Waals surface area contributed by atoms with Crippen LogP contribution in [0, 0.1) is 5.92 Å². The van der Waals surface area contributed by atoms with E-state index in [1.807, 2.05) is 11.3 Å². The maximum absolute atomic E-state index is 3.53. The highest BCUT2D eigenvalue weighted by atomic mass is 79.9. The fourth-order valence-corrected chi connectivity index (χ4v) is 4.22. The average molecular weight is 302 g/mol. The van der Waals surface area contributed by atoms with Crippen molar-refractivity contribution < 1.29 is 0 Å². The maximum Gasteiger partial charge on any atom is 0.0701 e. The molecule has 1 fully saturated rings. The second kappa shape index (κ2) is 6.18. The molecule has 0 spiro atoms. The second-order valence-corrected chi connectivity index (χ2v) is 7.33. The molecule has 0 amide bonds. The summed E-state index contributed by atoms with van der Waals surface area (Å²) < 4.78 is 1.25. The first kappa shape index (κ1) is 12.6. The third-order valence-electron chi connectivity index (χ3n) is 3.58. The summed E-state index contributed by atoms with van der Waals surface area (Å²) in [6.45, 7) is 0. The molecule has 1 saturated carbocycles. The fraction of sp³-hybridized carbons (Fsp3) is 0.692. The number of hydrogen-bond donors (Lipinski definition) is 1. The van der Waals surface area contributed by atoms with Crippen molar-refractivity contribution in [1.29, 1.82) is 0 Å². The number of nitrogens with one attached hydrogen (secondary N) is 1. The highest BCUT2D eigenvalue weighted by molar-refractivity contribution is 9.11. The molecular weight excluding hydrogens is 282 g/mol. The molecule has 1 aliphatic rings. The standard InChI is InChI=1S/C13H20BrNS/c1-15-11(8-10-4-2-3-5-10)9-12-6-7-13(14)16-12/h6-7,10-11,15H,2-5,8-9H2,1H3. The third-order valence-corrected chi connectivity index (χ3v) is 5.22. The van der Waals surface area contributed by atoms with Gasteiger partial charge in [-0.05, 0) is 53.9 Å². The van der Waals surface area contributed by atoms with Gasteiger partial charge in [-0.1, -0.05) is 25.7 Å². The largest absolute Gasteiger partial charge is 0.317 e. The van der Waals surface area contributed by atoms with E-state index < -0.39 is 0 Å². The summed E-state index contributed by atoms with van der Waals surface area (Å²) in [7, 11) is 2.10. The van der Waals surface area contributed by atoms with Crippen LogP contribution < -0.4 is 5.32 Å². The van der Waals surface area contributed by atoms with Crippen molar-refractivity contribution in [3.05, 3.63) is 20.8 Å². The minimum Gasteiger partial charge on any atom is -0.317 e. The molecule has 3 heteroatoms. The predicted molar refractivity (Wildman–Crippen MR) is 75.1 cm³/mol. The minimum absolute atomic E-state index is 0.661. The molecule has 0 saturated heterocycles. The molecule has 1 atom stereocenters. The van der Waals surface area contributed by atoms with Crippen molar-refractivity contribution in [2.24, 2.45) is 5.92 Å². The van der Waals surface area contributed by atoms with Crippen molar-refractivity contribution in [3.8, 4) is 0 Å². The molecule has 1 unspecified atom stereocenters. The molecule has 0 aromatic carbocycles. The molecule has 0 radical (unpaired) electrons. The average Bonchev–Trinajstić information content (AvgIpc) is 2.89. The Morgan fingerprint density at radius 2 is 2.19 bits per heavy atom. The number of hydrogen-bond acceptors (Lipinski definition) is 2. The summed E-state index contributed by atoms with van der Waals surface area (Å²) in [6, 6.07) is 5.06. The first-order chi connectivity index (χ1) is 7.78. The molecular formula is C13H20BrNS. The zero-order chi connectivity index (χ0) is 11.4. The van der Waals surface area contributed by atoms with Gasteiger partial charge in [0.2, 0.25) is 0 Å². The van der Waals surface area contributed by atoms with Gasteiger partial charge in [0.15, 0.2) is 0 Å². The Morgan fingerprint density at radius 1 is 1.44 bits per heavy atom. The van der Waals surface area contributed by atoms with E-state index in [2.05, 4.69) is 40.4 Å². The van der Waals surface area contributed by atoms with Gasteiger partial charge < -0.3 is 5.32 Å². The van der Waals surface area contributed by atoms with E-state index in [1.54, 1.807) is 0 Å². The van der Waals surface area contributed by atoms with E-state index in [0.29, 0.717) is 6.04 Å². The first-order valence-corrected chi connectivity index (χ1v) is 7.80. The lowest BCUT2D eigenvalue weighted by molar-refractivity contribution is 0.404. The summed E-state index contributed by atoms with van der Waals surface area (Å²) in [5, 5.41) is 3.48. The van der Waals surface area contributed by atoms with Crippen LogP contribution in [0.4, 0.5) is 0 Å². The van der Waals surface area contributed by atoms with Gasteiger partial charge in [0.25, 0.3) is 0 Å². The van der Waals surface area contributed by atoms with Crippen molar-refractivity contribution >= 4 is 27.3 Å². The summed E-state index contributed by atoms with van der Waals surface area (Å²) in [6.07, 6.45) is 8.34. The van der Waals surface area contributed by atoms with E-state index in [0.717, 1.165) is 5.92 Å². The van der Waals surface area contributed by atoms with Gasteiger partial charge in [-0.15, -0.1) is 11.3 Å². The Bertz CT molecular complexity index is 317. The highest BCUT2D eigenvalue weighted by Gasteiger charge is 2.19. The summed E-state index contributed by atoms with van der Waals surface area (Å²) >= 11 is 5.40. The third kappa shape index (κ3) is 3.57. The van der Waals surface area contributed by atoms with Gasteiger partial charge in [0.1, 0.15) is 0 Å². The van der Waals surface area contributed by atoms with Crippen LogP contribution in [0.15, 0.2) is 15.9 Å². The molecule has 0 aliphatic heterocycles. The van der Waals surface area contributed by atoms with Crippen molar-refractivity contribution in [2.45, 2.75) is 44.6 Å². The predicted octanol–water partition coefficient (Wildman–Crippen LogP) is 4.22. The molecule has 1 aromatic heterocycles. The lowest BCUT2D eigenvalue weighted by Crippen LogP contribution is -2.29. The normalized spacial score (nSPS) is 19.1. The topological polar surface area (TPSA) is 12.0 Å². The van der Waals surface area contributed by atoms with E-state index in [9.17, 15) is 0 Å². The highest BCUT2D eigenvalue weighted by Crippen LogP contribution is 2.30. The molecule has 1 heterocycles. The number of thiophene rings is 1. The zero-order valence-corrected chi connectivity index (χ0v) is 12.2. The lowest BCUT2D eigenvalue weighted by Gasteiger charge is -2.19. The number of halogens is 1. The van der Waals surface area contributed by atoms with E-state index in [-0.39, 0.29) is 0 Å². The molecule has 2 rings (SSSR count). The van der Waals surface area contributed by atoms with Crippen LogP contribution in [-0.4, -0.2) is 13.1 Å². The Labute approximate surface area is 111 Å². The van der Waals surface area contributed by atoms with E-state index in [4.69, 9.17) is 0 Å². The van der Waals surface area contributed by atoms with Gasteiger partial charge in [-0.2, -0.15) is 0 Å². The molecule has 1 aliphatic carbocycles. The van der Waals surface area contributed by atoms with Crippen LogP contribution in [0.25, 0.3) is 0 Å². The Morgan fingerprint density at radius 3 is 2.75 bits per heavy atom. The summed E-state index contributed by atoms with van der Waals surface area (Å²) in [5.41, 5.74) is 0. The molecule has 1 nitrogen and oxygen atoms in total. The van der Waals surface area contributed by atoms with Crippen LogP contribution in [0.1, 0.15) is 37.0 Å². The van der Waals surface area contributed by atoms with Gasteiger partial charge in [-0.3, -0.25) is 0 Å². The van der Waals surface area contributed by atoms with Crippen LogP contribution in [0.3, 0.4) is 0 Å². The van der Waals surface area contributed by atoms with E-state index >= 15 is 0 Å². The first-order valence-electron chi connectivity index (χ1n) is 6.19. The number of rotatable bonds is 5. The molecule has 16 heavy (non-hydrogen) atoms. The van der Waals surface area contributed by atoms with Crippen LogP contribution >= 0.6 is 27.3 Å². The lowest BCUT2D eigenvalue weighted by atomic mass is 9.96. The molecule has 1 aromatic rings. The van der Waals surface area contributed by atoms with Crippen molar-refractivity contribution in [1.82, 2.24) is 5.32 Å². The zero-order valence-electron chi connectivity index (χ0n) is 9.84. The SMILES string of the molecule is CNC(Cc1ccc(Br)s1)CC1CCCC1. The monoisotopic (exact) mass is 301 g/mol. The van der Waals surface area contributed by atoms with Crippen LogP contribution in [-0.2, 0) is 6.42 Å². The Kier molecular flexibility index (Phi) is 4.86. The van der Waals surface area contributed by atoms with Crippen molar-refractivity contribution in [2.75, 3.05) is 7.05 Å². The minimum atomic E-state index is 0.661. The summed E-state index contributed by atoms with van der Waals surface area (Å²) in [4.78, 5) is 1.49. The van der Waals surface area contributed by atoms with Crippen LogP contribution in [0.2, 0.25) is 0 Å². The smallest absolute Gasteiger partial charge is 0.0701 e. The molecule has 0 bridgehead atoms. The van der Waals surface area contributed by atoms with Gasteiger partial charge in [0.05, 0.1) is 3.79 Å². The van der Waals surface area contributed by atoms with E-state index in [1.165, 1.54) is 47.2 Å². The summed E-state index contributed by atoms with van der Waals surface area (Å²) in [5.74, 6) is 0.973. The van der Waals surface area contributed by atoms with Gasteiger partial charge in [-0.25, -0.2) is 0 Å². The fourth-order valence-electron chi connectivity index (χ4n) is 2.66. The quantitative estimate of drug-likeness (QED) is 0.858. The van der Waals surface area contributed by atoms with Gasteiger partial charge in [0, 0.05) is 10.9 Å². The molecule has 1 N–H and O–H groups in total. The van der Waals surface area contributed by atoms with Crippen LogP contribution in [0.5, 0.6) is 0 Å².